The summed E-state index contributed by atoms with van der Waals surface area (Å²) in [5.74, 6) is 0.836. The smallest absolute Gasteiger partial charge is 0.211 e. The molecule has 0 aliphatic heterocycles. The molecule has 1 N–H and O–H groups in total. The van der Waals surface area contributed by atoms with Gasteiger partial charge in [0, 0.05) is 6.54 Å². The minimum Gasteiger partial charge on any atom is -0.489 e. The largest absolute Gasteiger partial charge is 0.489 e. The second-order valence-corrected chi connectivity index (χ2v) is 6.09. The summed E-state index contributed by atoms with van der Waals surface area (Å²) in [4.78, 5) is 0. The molecule has 0 amide bonds. The molecule has 0 aliphatic rings. The second kappa shape index (κ2) is 6.02. The highest BCUT2D eigenvalue weighted by molar-refractivity contribution is 7.89. The van der Waals surface area contributed by atoms with Crippen molar-refractivity contribution < 1.29 is 13.2 Å². The Balaban J connectivity index is 2.45. The van der Waals surface area contributed by atoms with E-state index in [1.807, 2.05) is 38.1 Å². The highest BCUT2D eigenvalue weighted by Crippen LogP contribution is 2.12. The van der Waals surface area contributed by atoms with Gasteiger partial charge in [-0.3, -0.25) is 0 Å². The Kier molecular flexibility index (Phi) is 4.96. The van der Waals surface area contributed by atoms with Gasteiger partial charge in [-0.05, 0) is 32.9 Å². The lowest BCUT2D eigenvalue weighted by Crippen LogP contribution is -2.34. The minimum atomic E-state index is -3.14. The van der Waals surface area contributed by atoms with E-state index in [2.05, 4.69) is 4.72 Å². The van der Waals surface area contributed by atoms with Crippen molar-refractivity contribution in [1.29, 1.82) is 0 Å². The first-order valence-corrected chi connectivity index (χ1v) is 7.29. The van der Waals surface area contributed by atoms with Gasteiger partial charge in [0.25, 0.3) is 0 Å². The molecular weight excluding hydrogens is 238 g/mol. The zero-order valence-corrected chi connectivity index (χ0v) is 11.3. The van der Waals surface area contributed by atoms with E-state index >= 15 is 0 Å². The molecule has 0 saturated carbocycles. The highest BCUT2D eigenvalue weighted by atomic mass is 32.2. The molecule has 17 heavy (non-hydrogen) atoms. The third-order valence-corrected chi connectivity index (χ3v) is 3.70. The molecule has 96 valence electrons. The van der Waals surface area contributed by atoms with Crippen LogP contribution in [0.5, 0.6) is 5.75 Å². The molecule has 0 fully saturated rings. The van der Waals surface area contributed by atoms with Gasteiger partial charge in [0.05, 0.1) is 5.75 Å². The van der Waals surface area contributed by atoms with Crippen molar-refractivity contribution in [1.82, 2.24) is 4.72 Å². The third-order valence-electron chi connectivity index (χ3n) is 2.33. The third kappa shape index (κ3) is 5.19. The maximum Gasteiger partial charge on any atom is 0.211 e. The zero-order valence-electron chi connectivity index (χ0n) is 10.4. The summed E-state index contributed by atoms with van der Waals surface area (Å²) in [6.45, 7) is 5.72. The normalized spacial score (nSPS) is 13.4. The Morgan fingerprint density at radius 2 is 1.88 bits per heavy atom. The number of rotatable bonds is 6. The summed E-state index contributed by atoms with van der Waals surface area (Å²) in [5, 5.41) is 0. The molecule has 1 aromatic carbocycles. The van der Waals surface area contributed by atoms with E-state index in [0.29, 0.717) is 0 Å². The number of hydrogen-bond donors (Lipinski definition) is 1. The van der Waals surface area contributed by atoms with Crippen molar-refractivity contribution in [2.24, 2.45) is 0 Å². The second-order valence-electron chi connectivity index (χ2n) is 3.99. The van der Waals surface area contributed by atoms with Crippen LogP contribution in [-0.2, 0) is 10.0 Å². The molecule has 4 nitrogen and oxygen atoms in total. The minimum absolute atomic E-state index is 0.0876. The van der Waals surface area contributed by atoms with E-state index in [1.165, 1.54) is 0 Å². The van der Waals surface area contributed by atoms with Gasteiger partial charge < -0.3 is 4.74 Å². The average Bonchev–Trinajstić information content (AvgIpc) is 2.30. The molecule has 0 aliphatic carbocycles. The number of ether oxygens (including phenoxy) is 1. The first-order chi connectivity index (χ1) is 7.93. The van der Waals surface area contributed by atoms with E-state index in [9.17, 15) is 8.42 Å². The number of hydrogen-bond acceptors (Lipinski definition) is 3. The van der Waals surface area contributed by atoms with Crippen molar-refractivity contribution in [2.75, 3.05) is 12.3 Å². The van der Waals surface area contributed by atoms with Gasteiger partial charge >= 0.3 is 0 Å². The van der Waals surface area contributed by atoms with Crippen LogP contribution >= 0.6 is 0 Å². The summed E-state index contributed by atoms with van der Waals surface area (Å²) >= 11 is 0. The van der Waals surface area contributed by atoms with Crippen LogP contribution in [0.25, 0.3) is 0 Å². The molecule has 0 bridgehead atoms. The lowest BCUT2D eigenvalue weighted by Gasteiger charge is -2.15. The molecule has 1 aromatic rings. The summed E-state index contributed by atoms with van der Waals surface area (Å²) in [6.07, 6.45) is -0.195. The first-order valence-electron chi connectivity index (χ1n) is 5.63. The van der Waals surface area contributed by atoms with Gasteiger partial charge in [-0.1, -0.05) is 17.7 Å². The fourth-order valence-electron chi connectivity index (χ4n) is 1.24. The predicted octanol–water partition coefficient (Wildman–Crippen LogP) is 1.70. The Bertz CT molecular complexity index is 439. The molecular formula is C12H19NO3S. The van der Waals surface area contributed by atoms with Crippen molar-refractivity contribution in [2.45, 2.75) is 26.9 Å². The summed E-state index contributed by atoms with van der Waals surface area (Å²) < 4.78 is 30.5. The van der Waals surface area contributed by atoms with Gasteiger partial charge in [-0.2, -0.15) is 0 Å². The Morgan fingerprint density at radius 3 is 2.41 bits per heavy atom. The highest BCUT2D eigenvalue weighted by Gasteiger charge is 2.10. The van der Waals surface area contributed by atoms with Gasteiger partial charge in [-0.15, -0.1) is 0 Å². The molecule has 0 spiro atoms. The van der Waals surface area contributed by atoms with E-state index < -0.39 is 10.0 Å². The molecule has 0 unspecified atom stereocenters. The van der Waals surface area contributed by atoms with Crippen molar-refractivity contribution >= 4 is 10.0 Å². The van der Waals surface area contributed by atoms with Crippen LogP contribution in [0.3, 0.4) is 0 Å². The first kappa shape index (κ1) is 14.0. The van der Waals surface area contributed by atoms with Crippen LogP contribution in [0.4, 0.5) is 0 Å². The summed E-state index contributed by atoms with van der Waals surface area (Å²) in [7, 11) is -3.14. The standard InChI is InChI=1S/C12H19NO3S/c1-4-17(14,15)13-9-11(3)16-12-7-5-10(2)6-8-12/h5-8,11,13H,4,9H2,1-3H3/t11-/m1/s1. The molecule has 0 radical (unpaired) electrons. The van der Waals surface area contributed by atoms with E-state index in [0.717, 1.165) is 11.3 Å². The van der Waals surface area contributed by atoms with Crippen LogP contribution in [-0.4, -0.2) is 26.8 Å². The number of aryl methyl sites for hydroxylation is 1. The van der Waals surface area contributed by atoms with Crippen molar-refractivity contribution in [3.63, 3.8) is 0 Å². The molecule has 5 heteroatoms. The Morgan fingerprint density at radius 1 is 1.29 bits per heavy atom. The maximum absolute atomic E-state index is 11.2. The zero-order chi connectivity index (χ0) is 12.9. The van der Waals surface area contributed by atoms with Crippen LogP contribution in [0.1, 0.15) is 19.4 Å². The maximum atomic E-state index is 11.2. The van der Waals surface area contributed by atoms with Crippen molar-refractivity contribution in [3.05, 3.63) is 29.8 Å². The molecule has 1 rings (SSSR count). The molecule has 0 saturated heterocycles. The van der Waals surface area contributed by atoms with E-state index in [-0.39, 0.29) is 18.4 Å². The van der Waals surface area contributed by atoms with Crippen LogP contribution in [0.15, 0.2) is 24.3 Å². The Labute approximate surface area is 103 Å². The monoisotopic (exact) mass is 257 g/mol. The topological polar surface area (TPSA) is 55.4 Å². The van der Waals surface area contributed by atoms with Gasteiger partial charge in [0.2, 0.25) is 10.0 Å². The quantitative estimate of drug-likeness (QED) is 0.844. The fraction of sp³-hybridized carbons (Fsp3) is 0.500. The van der Waals surface area contributed by atoms with Crippen LogP contribution < -0.4 is 9.46 Å². The SMILES string of the molecule is CCS(=O)(=O)NC[C@@H](C)Oc1ccc(C)cc1. The molecule has 1 atom stereocenters. The summed E-state index contributed by atoms with van der Waals surface area (Å²) in [5.41, 5.74) is 1.16. The lowest BCUT2D eigenvalue weighted by atomic mass is 10.2. The Hall–Kier alpha value is -1.07. The fourth-order valence-corrected chi connectivity index (χ4v) is 1.93. The van der Waals surface area contributed by atoms with Crippen LogP contribution in [0, 0.1) is 6.92 Å². The van der Waals surface area contributed by atoms with Crippen LogP contribution in [0.2, 0.25) is 0 Å². The molecule has 0 aromatic heterocycles. The van der Waals surface area contributed by atoms with Crippen molar-refractivity contribution in [3.8, 4) is 5.75 Å². The van der Waals surface area contributed by atoms with E-state index in [1.54, 1.807) is 6.92 Å². The van der Waals surface area contributed by atoms with Gasteiger partial charge in [-0.25, -0.2) is 13.1 Å². The molecule has 0 heterocycles. The number of nitrogens with one attached hydrogen (secondary N) is 1. The average molecular weight is 257 g/mol. The number of sulfonamides is 1. The summed E-state index contributed by atoms with van der Waals surface area (Å²) in [6, 6.07) is 7.66. The predicted molar refractivity (Wildman–Crippen MR) is 68.7 cm³/mol. The van der Waals surface area contributed by atoms with Gasteiger partial charge in [0.15, 0.2) is 0 Å². The lowest BCUT2D eigenvalue weighted by molar-refractivity contribution is 0.225. The van der Waals surface area contributed by atoms with Gasteiger partial charge in [0.1, 0.15) is 11.9 Å². The van der Waals surface area contributed by atoms with E-state index in [4.69, 9.17) is 4.74 Å². The number of benzene rings is 1.